The Morgan fingerprint density at radius 2 is 0.577 bits per heavy atom. The third-order valence-corrected chi connectivity index (χ3v) is 5.62. The van der Waals surface area contributed by atoms with Gasteiger partial charge in [0.25, 0.3) is 0 Å². The van der Waals surface area contributed by atoms with Gasteiger partial charge in [-0.1, -0.05) is 69.2 Å². The van der Waals surface area contributed by atoms with Crippen molar-refractivity contribution in [3.8, 4) is 0 Å². The van der Waals surface area contributed by atoms with Crippen molar-refractivity contribution in [2.24, 2.45) is 0 Å². The molecule has 0 nitrogen and oxygen atoms in total. The van der Waals surface area contributed by atoms with Gasteiger partial charge in [-0.15, -0.1) is 0 Å². The van der Waals surface area contributed by atoms with Gasteiger partial charge in [0.2, 0.25) is 0 Å². The molecule has 0 saturated heterocycles. The Hall–Kier alpha value is 2.63. The van der Waals surface area contributed by atoms with Crippen LogP contribution in [-0.2, 0) is 16.5 Å². The van der Waals surface area contributed by atoms with Crippen LogP contribution in [0.5, 0.6) is 0 Å². The molecule has 0 aliphatic heterocycles. The molecule has 0 amide bonds. The Kier molecular flexibility index (Phi) is 19.4. The predicted octanol–water partition coefficient (Wildman–Crippen LogP) is 9.43. The van der Waals surface area contributed by atoms with Crippen LogP contribution in [0.2, 0.25) is 0 Å². The zero-order chi connectivity index (χ0) is 21.2. The van der Waals surface area contributed by atoms with Gasteiger partial charge in [0, 0.05) is 0 Å². The minimum atomic E-state index is 1.38. The molecule has 158 valence electrons. The van der Waals surface area contributed by atoms with Gasteiger partial charge < -0.3 is 0 Å². The third kappa shape index (κ3) is 9.63. The second-order valence-corrected chi connectivity index (χ2v) is 23.9. The minimum absolute atomic E-state index is 1.38. The van der Waals surface area contributed by atoms with E-state index in [1.165, 1.54) is 72.2 Å². The van der Waals surface area contributed by atoms with Crippen LogP contribution in [0.4, 0.5) is 0 Å². The number of halogens is 4. The monoisotopic (exact) mass is 896 g/mol. The van der Waals surface area contributed by atoms with Gasteiger partial charge in [-0.25, -0.2) is 0 Å². The van der Waals surface area contributed by atoms with Crippen LogP contribution in [-0.4, -0.2) is 0 Å². The zero-order valence-electron chi connectivity index (χ0n) is 17.2. The summed E-state index contributed by atoms with van der Waals surface area (Å²) in [6.45, 7) is 22.0. The zero-order valence-corrected chi connectivity index (χ0v) is 27.9. The Balaban J connectivity index is 0. The van der Waals surface area contributed by atoms with E-state index >= 15 is 0 Å². The molecule has 0 aliphatic carbocycles. The molecule has 2 aromatic rings. The molecule has 26 heavy (non-hydrogen) atoms. The topological polar surface area (TPSA) is 0 Å². The second kappa shape index (κ2) is 16.3. The molecule has 0 heterocycles. The van der Waals surface area contributed by atoms with E-state index in [1.807, 2.05) is 0 Å². The van der Waals surface area contributed by atoms with Crippen molar-refractivity contribution in [1.82, 2.24) is 0 Å². The summed E-state index contributed by atoms with van der Waals surface area (Å²) in [4.78, 5) is 0. The average molecular weight is 896 g/mol. The number of rotatable bonds is 0. The first kappa shape index (κ1) is 30.8. The third-order valence-electron chi connectivity index (χ3n) is 5.62. The Labute approximate surface area is 219 Å². The quantitative estimate of drug-likeness (QED) is 0.183. The first-order valence-electron chi connectivity index (χ1n) is 8.00. The van der Waals surface area contributed by atoms with Gasteiger partial charge in [0.05, 0.1) is 0 Å². The molecule has 0 radical (unpaired) electrons. The van der Waals surface area contributed by atoms with E-state index in [9.17, 15) is 0 Å². The Bertz CT molecular complexity index is 452. The first-order chi connectivity index (χ1) is 11.9. The number of hydrogen-bond donors (Lipinski definition) is 0. The van der Waals surface area contributed by atoms with Gasteiger partial charge in [-0.3, -0.25) is 0 Å². The van der Waals surface area contributed by atoms with E-state index < -0.39 is 0 Å². The predicted molar refractivity (Wildman–Crippen MR) is 148 cm³/mol. The normalized spacial score (nSPS) is 9.77. The fourth-order valence-corrected chi connectivity index (χ4v) is 2.81. The molecular weight excluding hydrogens is 866 g/mol. The maximum absolute atomic E-state index is 2.24. The van der Waals surface area contributed by atoms with Crippen molar-refractivity contribution in [3.63, 3.8) is 0 Å². The molecule has 6 heteroatoms. The molecule has 0 atom stereocenters. The van der Waals surface area contributed by atoms with E-state index in [0.29, 0.717) is 0 Å². The number of hydrogen-bond acceptors (Lipinski definition) is 0. The van der Waals surface area contributed by atoms with Crippen molar-refractivity contribution < 1.29 is 16.5 Å². The molecule has 0 aliphatic rings. The molecule has 0 fully saturated rings. The summed E-state index contributed by atoms with van der Waals surface area (Å²) in [5.41, 5.74) is 14.7. The van der Waals surface area contributed by atoms with E-state index in [0.717, 1.165) is 0 Å². The second-order valence-electron chi connectivity index (χ2n) is 6.35. The van der Waals surface area contributed by atoms with Crippen molar-refractivity contribution in [3.05, 3.63) is 55.6 Å². The van der Waals surface area contributed by atoms with Crippen molar-refractivity contribution >= 4 is 81.7 Å². The fourth-order valence-electron chi connectivity index (χ4n) is 2.81. The molecule has 0 N–H and O–H groups in total. The van der Waals surface area contributed by atoms with Crippen LogP contribution in [0.25, 0.3) is 0 Å². The molecule has 2 aromatic carbocycles. The molecular formula is C20H30Co2I4-2. The van der Waals surface area contributed by atoms with Gasteiger partial charge in [-0.2, -0.15) is 55.6 Å². The van der Waals surface area contributed by atoms with E-state index in [4.69, 9.17) is 0 Å². The van der Waals surface area contributed by atoms with E-state index in [-0.39, 0.29) is 0 Å². The molecule has 0 saturated carbocycles. The van der Waals surface area contributed by atoms with Crippen LogP contribution in [0.3, 0.4) is 0 Å². The summed E-state index contributed by atoms with van der Waals surface area (Å²) in [6.07, 6.45) is 0. The first-order valence-corrected chi connectivity index (χ1v) is 21.4. The molecule has 0 spiro atoms. The van der Waals surface area contributed by atoms with Gasteiger partial charge >= 0.3 is 98.2 Å². The summed E-state index contributed by atoms with van der Waals surface area (Å²) in [7, 11) is 2.76. The summed E-state index contributed by atoms with van der Waals surface area (Å²) in [5, 5.41) is 0. The van der Waals surface area contributed by atoms with E-state index in [1.54, 1.807) is 0 Å². The summed E-state index contributed by atoms with van der Waals surface area (Å²) >= 11 is 8.98. The van der Waals surface area contributed by atoms with Crippen LogP contribution in [0.15, 0.2) is 0 Å². The van der Waals surface area contributed by atoms with Gasteiger partial charge in [-0.05, 0) is 0 Å². The SMILES string of the molecule is Cc1c(C)c(C)[c-](C)c1C.Cc1c(C)c(C)[c-](C)c1C.[I][Co][I].[I][Co][I]. The molecule has 0 unspecified atom stereocenters. The van der Waals surface area contributed by atoms with Gasteiger partial charge in [0.15, 0.2) is 0 Å². The van der Waals surface area contributed by atoms with E-state index in [2.05, 4.69) is 151 Å². The molecule has 0 bridgehead atoms. The Morgan fingerprint density at radius 1 is 0.462 bits per heavy atom. The Morgan fingerprint density at radius 3 is 0.615 bits per heavy atom. The maximum atomic E-state index is 2.24. The standard InChI is InChI=1S/2C10H15.2Co.4HI/c2*1-6-7(2)9(4)10(5)8(6)3;;;;;;/h2*1-5H3;;;4*1H/q2*-1;2*+2;;;;/p-4. The molecule has 0 aromatic heterocycles. The average Bonchev–Trinajstić information content (AvgIpc) is 2.87. The van der Waals surface area contributed by atoms with Gasteiger partial charge in [0.1, 0.15) is 0 Å². The van der Waals surface area contributed by atoms with Crippen molar-refractivity contribution in [2.75, 3.05) is 0 Å². The van der Waals surface area contributed by atoms with Crippen LogP contribution >= 0.6 is 81.7 Å². The van der Waals surface area contributed by atoms with Crippen LogP contribution in [0, 0.1) is 69.2 Å². The summed E-state index contributed by atoms with van der Waals surface area (Å²) < 4.78 is 0. The summed E-state index contributed by atoms with van der Waals surface area (Å²) in [6, 6.07) is 0. The van der Waals surface area contributed by atoms with Crippen molar-refractivity contribution in [2.45, 2.75) is 69.2 Å². The van der Waals surface area contributed by atoms with Crippen molar-refractivity contribution in [1.29, 1.82) is 0 Å². The van der Waals surface area contributed by atoms with Crippen LogP contribution in [0.1, 0.15) is 55.6 Å². The molecule has 2 rings (SSSR count). The summed E-state index contributed by atoms with van der Waals surface area (Å²) in [5.74, 6) is 0. The fraction of sp³-hybridized carbons (Fsp3) is 0.500. The van der Waals surface area contributed by atoms with Crippen LogP contribution < -0.4 is 0 Å².